The van der Waals surface area contributed by atoms with Crippen LogP contribution < -0.4 is 11.1 Å². The van der Waals surface area contributed by atoms with Crippen molar-refractivity contribution in [2.45, 2.75) is 31.6 Å². The summed E-state index contributed by atoms with van der Waals surface area (Å²) in [7, 11) is 0. The fraction of sp³-hybridized carbons (Fsp3) is 0.600. The second kappa shape index (κ2) is 6.28. The number of nitrogens with one attached hydrogen (secondary N) is 1. The summed E-state index contributed by atoms with van der Waals surface area (Å²) in [4.78, 5) is 21.9. The van der Waals surface area contributed by atoms with Crippen LogP contribution in [0.4, 0.5) is 4.79 Å². The molecule has 90 valence electrons. The predicted octanol–water partition coefficient (Wildman–Crippen LogP) is 0.689. The van der Waals surface area contributed by atoms with E-state index in [0.717, 1.165) is 0 Å². The lowest BCUT2D eigenvalue weighted by Crippen LogP contribution is -2.30. The number of primary amides is 1. The molecule has 2 amide bonds. The predicted molar refractivity (Wildman–Crippen MR) is 63.6 cm³/mol. The molecule has 0 radical (unpaired) electrons. The molecule has 16 heavy (non-hydrogen) atoms. The van der Waals surface area contributed by atoms with Crippen LogP contribution in [0, 0.1) is 12.0 Å². The van der Waals surface area contributed by atoms with Gasteiger partial charge in [0.1, 0.15) is 10.9 Å². The van der Waals surface area contributed by atoms with Gasteiger partial charge in [0.25, 0.3) is 0 Å². The molecule has 0 saturated carbocycles. The molecule has 0 bridgehead atoms. The Kier molecular flexibility index (Phi) is 5.75. The minimum atomic E-state index is -0.649. The van der Waals surface area contributed by atoms with Gasteiger partial charge in [-0.25, -0.2) is 10.1 Å². The average molecular weight is 244 g/mol. The molecule has 3 N–H and O–H groups in total. The summed E-state index contributed by atoms with van der Waals surface area (Å²) in [6, 6.07) is 2.34. The van der Waals surface area contributed by atoms with Crippen LogP contribution in [-0.4, -0.2) is 29.1 Å². The van der Waals surface area contributed by atoms with Gasteiger partial charge < -0.3 is 10.5 Å². The zero-order chi connectivity index (χ0) is 12.8. The SMILES string of the molecule is CSC(C#CNC(=O)OC(C)(C)C)C(N)=O. The highest BCUT2D eigenvalue weighted by molar-refractivity contribution is 8.00. The number of rotatable bonds is 2. The number of ether oxygens (including phenoxy) is 1. The second-order valence-electron chi connectivity index (χ2n) is 3.91. The van der Waals surface area contributed by atoms with E-state index in [4.69, 9.17) is 10.5 Å². The molecule has 0 aromatic rings. The molecule has 0 saturated heterocycles. The second-order valence-corrected chi connectivity index (χ2v) is 4.86. The van der Waals surface area contributed by atoms with Crippen LogP contribution in [0.5, 0.6) is 0 Å². The fourth-order valence-corrected chi connectivity index (χ4v) is 1.11. The van der Waals surface area contributed by atoms with Crippen molar-refractivity contribution in [1.82, 2.24) is 5.32 Å². The minimum absolute atomic E-state index is 0.536. The maximum Gasteiger partial charge on any atom is 0.419 e. The van der Waals surface area contributed by atoms with Crippen molar-refractivity contribution >= 4 is 23.8 Å². The summed E-state index contributed by atoms with van der Waals surface area (Å²) in [5.74, 6) is 1.98. The molecule has 0 fully saturated rings. The summed E-state index contributed by atoms with van der Waals surface area (Å²) < 4.78 is 4.94. The first-order valence-corrected chi connectivity index (χ1v) is 5.86. The molecule has 0 aliphatic rings. The Hall–Kier alpha value is -1.35. The third-order valence-electron chi connectivity index (χ3n) is 1.26. The Balaban J connectivity index is 4.19. The summed E-state index contributed by atoms with van der Waals surface area (Å²) in [5, 5.41) is 1.59. The summed E-state index contributed by atoms with van der Waals surface area (Å²) >= 11 is 1.20. The minimum Gasteiger partial charge on any atom is -0.443 e. The standard InChI is InChI=1S/C10H16N2O3S/c1-10(2,3)15-9(14)12-6-5-7(16-4)8(11)13/h7H,1-4H3,(H2,11,13)(H,12,14). The maximum atomic E-state index is 11.1. The van der Waals surface area contributed by atoms with Crippen molar-refractivity contribution < 1.29 is 14.3 Å². The van der Waals surface area contributed by atoms with Crippen molar-refractivity contribution in [1.29, 1.82) is 0 Å². The van der Waals surface area contributed by atoms with Crippen LogP contribution in [-0.2, 0) is 9.53 Å². The smallest absolute Gasteiger partial charge is 0.419 e. The van der Waals surface area contributed by atoms with Gasteiger partial charge in [-0.2, -0.15) is 0 Å². The summed E-state index contributed by atoms with van der Waals surface area (Å²) in [6.07, 6.45) is 1.06. The van der Waals surface area contributed by atoms with E-state index in [-0.39, 0.29) is 0 Å². The lowest BCUT2D eigenvalue weighted by atomic mass is 10.2. The topological polar surface area (TPSA) is 81.4 Å². The van der Waals surface area contributed by atoms with Crippen LogP contribution in [0.2, 0.25) is 0 Å². The van der Waals surface area contributed by atoms with Gasteiger partial charge in [-0.05, 0) is 27.0 Å². The molecule has 1 unspecified atom stereocenters. The first-order chi connectivity index (χ1) is 7.26. The Morgan fingerprint density at radius 1 is 1.44 bits per heavy atom. The normalized spacial score (nSPS) is 12.0. The number of amides is 2. The molecule has 5 nitrogen and oxygen atoms in total. The zero-order valence-electron chi connectivity index (χ0n) is 9.79. The lowest BCUT2D eigenvalue weighted by molar-refractivity contribution is -0.116. The number of hydrogen-bond acceptors (Lipinski definition) is 4. The van der Waals surface area contributed by atoms with Crippen LogP contribution in [0.15, 0.2) is 0 Å². The first-order valence-electron chi connectivity index (χ1n) is 4.58. The van der Waals surface area contributed by atoms with Gasteiger partial charge in [-0.15, -0.1) is 11.8 Å². The van der Waals surface area contributed by atoms with Crippen LogP contribution >= 0.6 is 11.8 Å². The molecule has 0 rings (SSSR count). The van der Waals surface area contributed by atoms with Crippen molar-refractivity contribution in [3.8, 4) is 12.0 Å². The Bertz CT molecular complexity index is 325. The Morgan fingerprint density at radius 2 is 2.00 bits per heavy atom. The molecule has 0 aromatic heterocycles. The van der Waals surface area contributed by atoms with Crippen molar-refractivity contribution in [2.75, 3.05) is 6.26 Å². The third kappa shape index (κ3) is 7.01. The van der Waals surface area contributed by atoms with Gasteiger partial charge in [0.2, 0.25) is 5.91 Å². The van der Waals surface area contributed by atoms with E-state index in [0.29, 0.717) is 0 Å². The van der Waals surface area contributed by atoms with Crippen molar-refractivity contribution in [2.24, 2.45) is 5.73 Å². The lowest BCUT2D eigenvalue weighted by Gasteiger charge is -2.18. The van der Waals surface area contributed by atoms with E-state index in [2.05, 4.69) is 17.3 Å². The number of hydrogen-bond donors (Lipinski definition) is 2. The van der Waals surface area contributed by atoms with E-state index in [9.17, 15) is 9.59 Å². The largest absolute Gasteiger partial charge is 0.443 e. The molecule has 0 aliphatic heterocycles. The number of carbonyl (C=O) groups excluding carboxylic acids is 2. The summed E-state index contributed by atoms with van der Waals surface area (Å²) in [6.45, 7) is 5.23. The molecule has 0 spiro atoms. The highest BCUT2D eigenvalue weighted by Crippen LogP contribution is 2.06. The highest BCUT2D eigenvalue weighted by atomic mass is 32.2. The van der Waals surface area contributed by atoms with Gasteiger partial charge in [-0.3, -0.25) is 4.79 Å². The van der Waals surface area contributed by atoms with E-state index in [1.807, 2.05) is 0 Å². The molecule has 0 aromatic carbocycles. The van der Waals surface area contributed by atoms with Crippen LogP contribution in [0.1, 0.15) is 20.8 Å². The monoisotopic (exact) mass is 244 g/mol. The molecule has 0 heterocycles. The van der Waals surface area contributed by atoms with Crippen LogP contribution in [0.3, 0.4) is 0 Å². The Labute approximate surface area is 99.5 Å². The summed E-state index contributed by atoms with van der Waals surface area (Å²) in [5.41, 5.74) is 4.48. The fourth-order valence-electron chi connectivity index (χ4n) is 0.702. The van der Waals surface area contributed by atoms with E-state index < -0.39 is 22.9 Å². The number of alkyl carbamates (subject to hydrolysis) is 1. The number of thioether (sulfide) groups is 1. The van der Waals surface area contributed by atoms with Gasteiger partial charge in [0.05, 0.1) is 0 Å². The van der Waals surface area contributed by atoms with E-state index in [1.165, 1.54) is 11.8 Å². The third-order valence-corrected chi connectivity index (χ3v) is 2.08. The average Bonchev–Trinajstić information content (AvgIpc) is 2.08. The van der Waals surface area contributed by atoms with E-state index >= 15 is 0 Å². The first kappa shape index (κ1) is 14.6. The van der Waals surface area contributed by atoms with Gasteiger partial charge in [-0.1, -0.05) is 5.92 Å². The van der Waals surface area contributed by atoms with Gasteiger partial charge in [0.15, 0.2) is 0 Å². The molecule has 0 aliphatic carbocycles. The molecule has 6 heteroatoms. The number of carbonyl (C=O) groups is 2. The van der Waals surface area contributed by atoms with Gasteiger partial charge in [0, 0.05) is 6.04 Å². The molecular weight excluding hydrogens is 228 g/mol. The van der Waals surface area contributed by atoms with Crippen molar-refractivity contribution in [3.05, 3.63) is 0 Å². The Morgan fingerprint density at radius 3 is 2.38 bits per heavy atom. The van der Waals surface area contributed by atoms with Gasteiger partial charge >= 0.3 is 6.09 Å². The molecular formula is C10H16N2O3S. The zero-order valence-corrected chi connectivity index (χ0v) is 10.6. The molecule has 1 atom stereocenters. The van der Waals surface area contributed by atoms with E-state index in [1.54, 1.807) is 27.0 Å². The highest BCUT2D eigenvalue weighted by Gasteiger charge is 2.15. The maximum absolute atomic E-state index is 11.1. The number of nitrogens with two attached hydrogens (primary N) is 1. The van der Waals surface area contributed by atoms with Crippen molar-refractivity contribution in [3.63, 3.8) is 0 Å². The quantitative estimate of drug-likeness (QED) is 0.553. The van der Waals surface area contributed by atoms with Crippen LogP contribution in [0.25, 0.3) is 0 Å².